The summed E-state index contributed by atoms with van der Waals surface area (Å²) in [6.45, 7) is 9.83. The van der Waals surface area contributed by atoms with Crippen LogP contribution in [-0.4, -0.2) is 43.3 Å². The minimum Gasteiger partial charge on any atom is -0.380 e. The molecule has 16 heavy (non-hydrogen) atoms. The van der Waals surface area contributed by atoms with Crippen LogP contribution in [0.2, 0.25) is 0 Å². The molecule has 0 aromatic carbocycles. The van der Waals surface area contributed by atoms with Gasteiger partial charge in [0.15, 0.2) is 0 Å². The predicted octanol–water partition coefficient (Wildman–Crippen LogP) is 1.86. The summed E-state index contributed by atoms with van der Waals surface area (Å²) >= 11 is 0. The molecule has 0 spiro atoms. The predicted molar refractivity (Wildman–Crippen MR) is 68.5 cm³/mol. The Balaban J connectivity index is 2.43. The third-order valence-electron chi connectivity index (χ3n) is 3.68. The van der Waals surface area contributed by atoms with Crippen LogP contribution in [0.5, 0.6) is 0 Å². The topological polar surface area (TPSA) is 38.5 Å². The van der Waals surface area contributed by atoms with E-state index in [0.29, 0.717) is 12.0 Å². The molecule has 2 N–H and O–H groups in total. The highest BCUT2D eigenvalue weighted by Crippen LogP contribution is 2.21. The molecule has 0 aromatic heterocycles. The van der Waals surface area contributed by atoms with Gasteiger partial charge in [-0.1, -0.05) is 20.3 Å². The van der Waals surface area contributed by atoms with Gasteiger partial charge in [-0.25, -0.2) is 0 Å². The van der Waals surface area contributed by atoms with Crippen molar-refractivity contribution in [2.45, 2.75) is 51.7 Å². The van der Waals surface area contributed by atoms with Gasteiger partial charge in [0.25, 0.3) is 0 Å². The second-order valence-electron chi connectivity index (χ2n) is 5.68. The van der Waals surface area contributed by atoms with E-state index >= 15 is 0 Å². The molecular formula is C13H28N2O. The van der Waals surface area contributed by atoms with Gasteiger partial charge in [-0.05, 0) is 32.2 Å². The Morgan fingerprint density at radius 2 is 2.19 bits per heavy atom. The fraction of sp³-hybridized carbons (Fsp3) is 1.00. The second-order valence-corrected chi connectivity index (χ2v) is 5.68. The van der Waals surface area contributed by atoms with Crippen molar-refractivity contribution in [3.63, 3.8) is 0 Å². The average molecular weight is 228 g/mol. The zero-order valence-electron chi connectivity index (χ0n) is 11.3. The standard InChI is InChI=1S/C13H28N2O/c1-5-7-13(3,14)10-15-8-6-11(2)12(9-15)16-4/h11-12H,5-10,14H2,1-4H3. The van der Waals surface area contributed by atoms with Crippen LogP contribution in [0.1, 0.15) is 40.0 Å². The van der Waals surface area contributed by atoms with Gasteiger partial charge >= 0.3 is 0 Å². The molecule has 3 nitrogen and oxygen atoms in total. The molecule has 0 saturated carbocycles. The first-order valence-electron chi connectivity index (χ1n) is 6.52. The molecule has 3 atom stereocenters. The van der Waals surface area contributed by atoms with Crippen LogP contribution in [0.15, 0.2) is 0 Å². The molecule has 1 fully saturated rings. The number of methoxy groups -OCH3 is 1. The van der Waals surface area contributed by atoms with Crippen molar-refractivity contribution in [3.05, 3.63) is 0 Å². The monoisotopic (exact) mass is 228 g/mol. The lowest BCUT2D eigenvalue weighted by molar-refractivity contribution is -0.0107. The average Bonchev–Trinajstić information content (AvgIpc) is 2.20. The first kappa shape index (κ1) is 13.9. The van der Waals surface area contributed by atoms with Gasteiger partial charge in [0.05, 0.1) is 6.10 Å². The molecule has 1 aliphatic rings. The van der Waals surface area contributed by atoms with Crippen molar-refractivity contribution in [1.29, 1.82) is 0 Å². The molecule has 3 heteroatoms. The number of likely N-dealkylation sites (tertiary alicyclic amines) is 1. The highest BCUT2D eigenvalue weighted by Gasteiger charge is 2.29. The Morgan fingerprint density at radius 3 is 2.75 bits per heavy atom. The Kier molecular flexibility index (Phi) is 5.22. The van der Waals surface area contributed by atoms with E-state index in [2.05, 4.69) is 25.7 Å². The molecule has 1 saturated heterocycles. The Morgan fingerprint density at radius 1 is 1.50 bits per heavy atom. The summed E-state index contributed by atoms with van der Waals surface area (Å²) in [5, 5.41) is 0. The van der Waals surface area contributed by atoms with Crippen molar-refractivity contribution in [2.75, 3.05) is 26.7 Å². The number of hydrogen-bond donors (Lipinski definition) is 1. The molecule has 1 aliphatic heterocycles. The minimum absolute atomic E-state index is 0.0480. The molecule has 1 rings (SSSR count). The van der Waals surface area contributed by atoms with Gasteiger partial charge in [-0.2, -0.15) is 0 Å². The third-order valence-corrected chi connectivity index (χ3v) is 3.68. The van der Waals surface area contributed by atoms with Crippen LogP contribution in [0, 0.1) is 5.92 Å². The first-order chi connectivity index (χ1) is 7.48. The number of nitrogens with zero attached hydrogens (tertiary/aromatic N) is 1. The molecule has 0 aromatic rings. The van der Waals surface area contributed by atoms with E-state index in [-0.39, 0.29) is 5.54 Å². The lowest BCUT2D eigenvalue weighted by atomic mass is 9.92. The summed E-state index contributed by atoms with van der Waals surface area (Å²) in [7, 11) is 1.82. The summed E-state index contributed by atoms with van der Waals surface area (Å²) in [6, 6.07) is 0. The van der Waals surface area contributed by atoms with E-state index in [1.54, 1.807) is 0 Å². The van der Waals surface area contributed by atoms with E-state index in [4.69, 9.17) is 10.5 Å². The molecule has 96 valence electrons. The fourth-order valence-electron chi connectivity index (χ4n) is 2.71. The normalized spacial score (nSPS) is 31.3. The third kappa shape index (κ3) is 4.04. The highest BCUT2D eigenvalue weighted by atomic mass is 16.5. The summed E-state index contributed by atoms with van der Waals surface area (Å²) in [5.74, 6) is 0.677. The molecule has 0 bridgehead atoms. The van der Waals surface area contributed by atoms with Crippen molar-refractivity contribution < 1.29 is 4.74 Å². The summed E-state index contributed by atoms with van der Waals surface area (Å²) < 4.78 is 5.53. The fourth-order valence-corrected chi connectivity index (χ4v) is 2.71. The van der Waals surface area contributed by atoms with E-state index in [9.17, 15) is 0 Å². The maximum absolute atomic E-state index is 6.30. The molecule has 3 unspecified atom stereocenters. The maximum Gasteiger partial charge on any atom is 0.0724 e. The van der Waals surface area contributed by atoms with E-state index in [1.807, 2.05) is 7.11 Å². The molecule has 0 aliphatic carbocycles. The number of ether oxygens (including phenoxy) is 1. The van der Waals surface area contributed by atoms with Gasteiger partial charge in [-0.15, -0.1) is 0 Å². The number of piperidine rings is 1. The van der Waals surface area contributed by atoms with E-state index in [0.717, 1.165) is 32.5 Å². The molecular weight excluding hydrogens is 200 g/mol. The molecule has 0 radical (unpaired) electrons. The van der Waals surface area contributed by atoms with Gasteiger partial charge in [0.1, 0.15) is 0 Å². The number of nitrogens with two attached hydrogens (primary N) is 1. The Hall–Kier alpha value is -0.120. The van der Waals surface area contributed by atoms with Crippen molar-refractivity contribution >= 4 is 0 Å². The van der Waals surface area contributed by atoms with Crippen LogP contribution in [0.3, 0.4) is 0 Å². The Bertz CT molecular complexity index is 206. The van der Waals surface area contributed by atoms with Gasteiger partial charge in [-0.3, -0.25) is 4.90 Å². The summed E-state index contributed by atoms with van der Waals surface area (Å²) in [6.07, 6.45) is 3.86. The van der Waals surface area contributed by atoms with E-state index in [1.165, 1.54) is 6.42 Å². The summed E-state index contributed by atoms with van der Waals surface area (Å²) in [4.78, 5) is 2.46. The zero-order chi connectivity index (χ0) is 12.2. The second kappa shape index (κ2) is 5.99. The first-order valence-corrected chi connectivity index (χ1v) is 6.52. The SMILES string of the molecule is CCCC(C)(N)CN1CCC(C)C(OC)C1. The van der Waals surface area contributed by atoms with E-state index < -0.39 is 0 Å². The maximum atomic E-state index is 6.30. The van der Waals surface area contributed by atoms with Crippen LogP contribution < -0.4 is 5.73 Å². The van der Waals surface area contributed by atoms with Gasteiger partial charge in [0.2, 0.25) is 0 Å². The van der Waals surface area contributed by atoms with Crippen molar-refractivity contribution in [3.8, 4) is 0 Å². The van der Waals surface area contributed by atoms with Crippen LogP contribution >= 0.6 is 0 Å². The summed E-state index contributed by atoms with van der Waals surface area (Å²) in [5.41, 5.74) is 6.25. The number of rotatable bonds is 5. The van der Waals surface area contributed by atoms with Crippen molar-refractivity contribution in [2.24, 2.45) is 11.7 Å². The smallest absolute Gasteiger partial charge is 0.0724 e. The van der Waals surface area contributed by atoms with Crippen LogP contribution in [0.4, 0.5) is 0 Å². The lowest BCUT2D eigenvalue weighted by Gasteiger charge is -2.40. The van der Waals surface area contributed by atoms with Crippen LogP contribution in [-0.2, 0) is 4.74 Å². The Labute approximate surface area is 100 Å². The van der Waals surface area contributed by atoms with Gasteiger partial charge in [0, 0.05) is 25.7 Å². The highest BCUT2D eigenvalue weighted by molar-refractivity contribution is 4.86. The molecule has 0 amide bonds. The van der Waals surface area contributed by atoms with Crippen LogP contribution in [0.25, 0.3) is 0 Å². The lowest BCUT2D eigenvalue weighted by Crippen LogP contribution is -2.53. The van der Waals surface area contributed by atoms with Gasteiger partial charge < -0.3 is 10.5 Å². The number of hydrogen-bond acceptors (Lipinski definition) is 3. The quantitative estimate of drug-likeness (QED) is 0.780. The zero-order valence-corrected chi connectivity index (χ0v) is 11.3. The largest absolute Gasteiger partial charge is 0.380 e. The van der Waals surface area contributed by atoms with Crippen molar-refractivity contribution in [1.82, 2.24) is 4.90 Å². The molecule has 1 heterocycles. The minimum atomic E-state index is -0.0480.